The van der Waals surface area contributed by atoms with Gasteiger partial charge in [0.2, 0.25) is 5.91 Å². The number of amides is 2. The van der Waals surface area contributed by atoms with Crippen LogP contribution in [0.1, 0.15) is 23.2 Å². The second kappa shape index (κ2) is 8.90. The largest absolute Gasteiger partial charge is 0.357 e. The summed E-state index contributed by atoms with van der Waals surface area (Å²) in [6, 6.07) is 11.1. The molecule has 0 bridgehead atoms. The summed E-state index contributed by atoms with van der Waals surface area (Å²) >= 11 is 1.37. The predicted octanol–water partition coefficient (Wildman–Crippen LogP) is 3.11. The van der Waals surface area contributed by atoms with Crippen LogP contribution in [0.3, 0.4) is 0 Å². The Hall–Kier alpha value is -2.54. The normalized spacial score (nSPS) is 13.5. The average molecular weight is 385 g/mol. The van der Waals surface area contributed by atoms with Gasteiger partial charge in [-0.15, -0.1) is 11.8 Å². The number of hydrogen-bond acceptors (Lipinski definition) is 5. The molecular formula is C20H24N4O2S. The maximum atomic E-state index is 12.7. The lowest BCUT2D eigenvalue weighted by Gasteiger charge is -2.16. The van der Waals surface area contributed by atoms with Crippen LogP contribution in [0.5, 0.6) is 0 Å². The van der Waals surface area contributed by atoms with Gasteiger partial charge in [0.05, 0.1) is 23.2 Å². The van der Waals surface area contributed by atoms with E-state index < -0.39 is 0 Å². The molecule has 0 radical (unpaired) electrons. The standard InChI is InChI=1S/C20H24N4O2S/c1-23(2)19(25)14-27-17-8-4-3-7-16(17)20(26)22-15-9-10-18(21-13-15)24-11-5-6-12-24/h3-4,7-10,13H,5-6,11-12,14H2,1-2H3,(H,22,26). The molecule has 0 saturated carbocycles. The molecule has 1 aromatic carbocycles. The minimum atomic E-state index is -0.203. The fourth-order valence-electron chi connectivity index (χ4n) is 2.84. The number of thioether (sulfide) groups is 1. The molecule has 1 aromatic heterocycles. The van der Waals surface area contributed by atoms with E-state index in [0.29, 0.717) is 17.0 Å². The van der Waals surface area contributed by atoms with Crippen molar-refractivity contribution in [2.45, 2.75) is 17.7 Å². The topological polar surface area (TPSA) is 65.5 Å². The van der Waals surface area contributed by atoms with Gasteiger partial charge in [-0.05, 0) is 37.1 Å². The average Bonchev–Trinajstić information content (AvgIpc) is 3.21. The molecule has 142 valence electrons. The van der Waals surface area contributed by atoms with Gasteiger partial charge in [-0.1, -0.05) is 12.1 Å². The fraction of sp³-hybridized carbons (Fsp3) is 0.350. The van der Waals surface area contributed by atoms with Crippen LogP contribution in [-0.4, -0.2) is 54.6 Å². The molecule has 3 rings (SSSR count). The fourth-order valence-corrected chi connectivity index (χ4v) is 3.87. The van der Waals surface area contributed by atoms with Gasteiger partial charge in [0.15, 0.2) is 0 Å². The Kier molecular flexibility index (Phi) is 6.34. The molecule has 2 heterocycles. The van der Waals surface area contributed by atoms with Crippen molar-refractivity contribution in [3.63, 3.8) is 0 Å². The maximum Gasteiger partial charge on any atom is 0.256 e. The van der Waals surface area contributed by atoms with Crippen molar-refractivity contribution in [1.82, 2.24) is 9.88 Å². The minimum absolute atomic E-state index is 0.0110. The molecule has 6 nitrogen and oxygen atoms in total. The van der Waals surface area contributed by atoms with E-state index in [1.807, 2.05) is 30.3 Å². The number of nitrogens with one attached hydrogen (secondary N) is 1. The van der Waals surface area contributed by atoms with E-state index in [9.17, 15) is 9.59 Å². The highest BCUT2D eigenvalue weighted by Gasteiger charge is 2.15. The van der Waals surface area contributed by atoms with Crippen molar-refractivity contribution in [3.05, 3.63) is 48.2 Å². The monoisotopic (exact) mass is 384 g/mol. The van der Waals surface area contributed by atoms with Gasteiger partial charge in [0.1, 0.15) is 5.82 Å². The molecule has 27 heavy (non-hydrogen) atoms. The first-order valence-electron chi connectivity index (χ1n) is 8.99. The maximum absolute atomic E-state index is 12.7. The molecule has 2 aromatic rings. The number of pyridine rings is 1. The summed E-state index contributed by atoms with van der Waals surface area (Å²) in [5.74, 6) is 1.05. The van der Waals surface area contributed by atoms with E-state index in [0.717, 1.165) is 23.8 Å². The van der Waals surface area contributed by atoms with Gasteiger partial charge in [-0.3, -0.25) is 9.59 Å². The van der Waals surface area contributed by atoms with Gasteiger partial charge < -0.3 is 15.1 Å². The van der Waals surface area contributed by atoms with Crippen molar-refractivity contribution < 1.29 is 9.59 Å². The van der Waals surface area contributed by atoms with Crippen molar-refractivity contribution in [1.29, 1.82) is 0 Å². The highest BCUT2D eigenvalue weighted by molar-refractivity contribution is 8.00. The zero-order valence-corrected chi connectivity index (χ0v) is 16.5. The summed E-state index contributed by atoms with van der Waals surface area (Å²) in [5.41, 5.74) is 1.21. The zero-order chi connectivity index (χ0) is 19.2. The first-order chi connectivity index (χ1) is 13.0. The number of nitrogens with zero attached hydrogens (tertiary/aromatic N) is 3. The first-order valence-corrected chi connectivity index (χ1v) is 9.97. The molecular weight excluding hydrogens is 360 g/mol. The molecule has 0 spiro atoms. The van der Waals surface area contributed by atoms with Crippen LogP contribution in [0.4, 0.5) is 11.5 Å². The summed E-state index contributed by atoms with van der Waals surface area (Å²) in [4.78, 5) is 33.6. The molecule has 1 fully saturated rings. The first kappa shape index (κ1) is 19.2. The number of hydrogen-bond donors (Lipinski definition) is 1. The lowest BCUT2D eigenvalue weighted by Crippen LogP contribution is -2.23. The molecule has 2 amide bonds. The number of carbonyl (C=O) groups is 2. The van der Waals surface area contributed by atoms with Crippen LogP contribution < -0.4 is 10.2 Å². The van der Waals surface area contributed by atoms with Crippen LogP contribution in [0.2, 0.25) is 0 Å². The minimum Gasteiger partial charge on any atom is -0.357 e. The Morgan fingerprint density at radius 3 is 2.56 bits per heavy atom. The summed E-state index contributed by atoms with van der Waals surface area (Å²) in [5, 5.41) is 2.90. The van der Waals surface area contributed by atoms with Crippen LogP contribution >= 0.6 is 11.8 Å². The molecule has 0 aliphatic carbocycles. The number of anilines is 2. The number of benzene rings is 1. The zero-order valence-electron chi connectivity index (χ0n) is 15.6. The molecule has 1 aliphatic heterocycles. The third-order valence-corrected chi connectivity index (χ3v) is 5.48. The lowest BCUT2D eigenvalue weighted by molar-refractivity contribution is -0.125. The van der Waals surface area contributed by atoms with Gasteiger partial charge >= 0.3 is 0 Å². The van der Waals surface area contributed by atoms with Gasteiger partial charge in [0, 0.05) is 32.1 Å². The summed E-state index contributed by atoms with van der Waals surface area (Å²) in [7, 11) is 3.45. The van der Waals surface area contributed by atoms with Crippen molar-refractivity contribution >= 4 is 35.1 Å². The van der Waals surface area contributed by atoms with E-state index in [1.165, 1.54) is 24.6 Å². The van der Waals surface area contributed by atoms with Crippen LogP contribution in [0.25, 0.3) is 0 Å². The predicted molar refractivity (Wildman–Crippen MR) is 109 cm³/mol. The second-order valence-corrected chi connectivity index (χ2v) is 7.64. The van der Waals surface area contributed by atoms with Gasteiger partial charge in [0.25, 0.3) is 5.91 Å². The van der Waals surface area contributed by atoms with Crippen molar-refractivity contribution in [2.75, 3.05) is 43.2 Å². The van der Waals surface area contributed by atoms with E-state index >= 15 is 0 Å². The van der Waals surface area contributed by atoms with Crippen molar-refractivity contribution in [3.8, 4) is 0 Å². The summed E-state index contributed by atoms with van der Waals surface area (Å²) < 4.78 is 0. The third kappa shape index (κ3) is 5.01. The van der Waals surface area contributed by atoms with E-state index in [-0.39, 0.29) is 11.8 Å². The van der Waals surface area contributed by atoms with Gasteiger partial charge in [-0.25, -0.2) is 4.98 Å². The quantitative estimate of drug-likeness (QED) is 0.775. The Bertz CT molecular complexity index is 802. The lowest BCUT2D eigenvalue weighted by atomic mass is 10.2. The number of aromatic nitrogens is 1. The van der Waals surface area contributed by atoms with E-state index in [4.69, 9.17) is 0 Å². The Morgan fingerprint density at radius 1 is 1.15 bits per heavy atom. The van der Waals surface area contributed by atoms with E-state index in [1.54, 1.807) is 31.3 Å². The molecule has 1 aliphatic rings. The molecule has 0 atom stereocenters. The summed E-state index contributed by atoms with van der Waals surface area (Å²) in [6.07, 6.45) is 4.09. The molecule has 0 unspecified atom stereocenters. The van der Waals surface area contributed by atoms with Crippen LogP contribution in [0.15, 0.2) is 47.5 Å². The Labute approximate surface area is 164 Å². The second-order valence-electron chi connectivity index (χ2n) is 6.63. The summed E-state index contributed by atoms with van der Waals surface area (Å²) in [6.45, 7) is 2.07. The Morgan fingerprint density at radius 2 is 1.89 bits per heavy atom. The molecule has 7 heteroatoms. The molecule has 1 saturated heterocycles. The SMILES string of the molecule is CN(C)C(=O)CSc1ccccc1C(=O)Nc1ccc(N2CCCC2)nc1. The number of carbonyl (C=O) groups excluding carboxylic acids is 2. The molecule has 1 N–H and O–H groups in total. The highest BCUT2D eigenvalue weighted by atomic mass is 32.2. The van der Waals surface area contributed by atoms with Gasteiger partial charge in [-0.2, -0.15) is 0 Å². The van der Waals surface area contributed by atoms with E-state index in [2.05, 4.69) is 15.2 Å². The highest BCUT2D eigenvalue weighted by Crippen LogP contribution is 2.24. The van der Waals surface area contributed by atoms with Crippen molar-refractivity contribution in [2.24, 2.45) is 0 Å². The van der Waals surface area contributed by atoms with Crippen LogP contribution in [-0.2, 0) is 4.79 Å². The van der Waals surface area contributed by atoms with Crippen LogP contribution in [0, 0.1) is 0 Å². The Balaban J connectivity index is 1.66. The number of rotatable bonds is 6. The third-order valence-electron chi connectivity index (χ3n) is 4.42. The smallest absolute Gasteiger partial charge is 0.256 e.